The van der Waals surface area contributed by atoms with Gasteiger partial charge < -0.3 is 15.5 Å². The Balaban J connectivity index is 1.89. The normalized spacial score (nSPS) is 24.6. The Hall–Kier alpha value is -1.10. The molecule has 5 nitrogen and oxygen atoms in total. The van der Waals surface area contributed by atoms with E-state index in [1.165, 1.54) is 0 Å². The second-order valence-corrected chi connectivity index (χ2v) is 4.09. The Morgan fingerprint density at radius 3 is 2.21 bits per heavy atom. The highest BCUT2D eigenvalue weighted by molar-refractivity contribution is 5.89. The number of hydrogen-bond donors (Lipinski definition) is 1. The Kier molecular flexibility index (Phi) is 2.19. The van der Waals surface area contributed by atoms with E-state index in [0.717, 1.165) is 19.3 Å². The van der Waals surface area contributed by atoms with Gasteiger partial charge in [0, 0.05) is 26.2 Å². The van der Waals surface area contributed by atoms with Crippen molar-refractivity contribution in [3.8, 4) is 0 Å². The van der Waals surface area contributed by atoms with Crippen molar-refractivity contribution in [1.29, 1.82) is 0 Å². The quantitative estimate of drug-likeness (QED) is 0.564. The summed E-state index contributed by atoms with van der Waals surface area (Å²) >= 11 is 0. The van der Waals surface area contributed by atoms with Gasteiger partial charge >= 0.3 is 0 Å². The summed E-state index contributed by atoms with van der Waals surface area (Å²) in [6, 6.07) is 0. The lowest BCUT2D eigenvalue weighted by Crippen LogP contribution is -2.53. The van der Waals surface area contributed by atoms with Gasteiger partial charge in [0.1, 0.15) is 0 Å². The highest BCUT2D eigenvalue weighted by Crippen LogP contribution is 2.34. The number of piperazine rings is 1. The molecule has 0 aromatic rings. The number of carbonyl (C=O) groups excluding carboxylic acids is 2. The zero-order valence-electron chi connectivity index (χ0n) is 8.11. The van der Waals surface area contributed by atoms with Crippen LogP contribution in [0.1, 0.15) is 12.8 Å². The zero-order chi connectivity index (χ0) is 10.2. The first-order chi connectivity index (χ1) is 6.65. The summed E-state index contributed by atoms with van der Waals surface area (Å²) in [5, 5.41) is 0. The first-order valence-corrected chi connectivity index (χ1v) is 4.93. The fourth-order valence-corrected chi connectivity index (χ4v) is 1.69. The maximum atomic E-state index is 11.8. The summed E-state index contributed by atoms with van der Waals surface area (Å²) in [4.78, 5) is 25.7. The minimum atomic E-state index is -0.566. The standard InChI is InChI=1S/C9H15N3O2/c10-9(1-2-9)8(14)12-5-3-11(7-13)4-6-12/h7H,1-6,10H2. The van der Waals surface area contributed by atoms with Crippen LogP contribution in [0.25, 0.3) is 0 Å². The van der Waals surface area contributed by atoms with Crippen LogP contribution < -0.4 is 5.73 Å². The van der Waals surface area contributed by atoms with Gasteiger partial charge in [-0.05, 0) is 12.8 Å². The van der Waals surface area contributed by atoms with Crippen molar-refractivity contribution < 1.29 is 9.59 Å². The van der Waals surface area contributed by atoms with Gasteiger partial charge in [0.05, 0.1) is 5.54 Å². The van der Waals surface area contributed by atoms with E-state index < -0.39 is 5.54 Å². The van der Waals surface area contributed by atoms with Gasteiger partial charge in [-0.25, -0.2) is 0 Å². The Bertz CT molecular complexity index is 255. The third kappa shape index (κ3) is 1.59. The lowest BCUT2D eigenvalue weighted by Gasteiger charge is -2.34. The van der Waals surface area contributed by atoms with E-state index in [1.807, 2.05) is 0 Å². The molecule has 1 heterocycles. The molecule has 0 atom stereocenters. The van der Waals surface area contributed by atoms with Gasteiger partial charge in [-0.15, -0.1) is 0 Å². The molecule has 1 aliphatic heterocycles. The van der Waals surface area contributed by atoms with Crippen LogP contribution >= 0.6 is 0 Å². The van der Waals surface area contributed by atoms with Gasteiger partial charge in [0.15, 0.2) is 0 Å². The average Bonchev–Trinajstić information content (AvgIpc) is 2.97. The second-order valence-electron chi connectivity index (χ2n) is 4.09. The third-order valence-electron chi connectivity index (χ3n) is 2.97. The first kappa shape index (κ1) is 9.45. The maximum Gasteiger partial charge on any atom is 0.242 e. The van der Waals surface area contributed by atoms with E-state index in [1.54, 1.807) is 9.80 Å². The van der Waals surface area contributed by atoms with Crippen LogP contribution in [-0.2, 0) is 9.59 Å². The molecule has 2 aliphatic rings. The monoisotopic (exact) mass is 197 g/mol. The van der Waals surface area contributed by atoms with Crippen molar-refractivity contribution >= 4 is 12.3 Å². The maximum absolute atomic E-state index is 11.8. The Labute approximate surface area is 82.8 Å². The summed E-state index contributed by atoms with van der Waals surface area (Å²) in [6.07, 6.45) is 2.44. The summed E-state index contributed by atoms with van der Waals surface area (Å²) in [5.41, 5.74) is 5.25. The molecule has 78 valence electrons. The molecule has 2 N–H and O–H groups in total. The topological polar surface area (TPSA) is 66.6 Å². The Morgan fingerprint density at radius 1 is 1.21 bits per heavy atom. The highest BCUT2D eigenvalue weighted by atomic mass is 16.2. The summed E-state index contributed by atoms with van der Waals surface area (Å²) < 4.78 is 0. The van der Waals surface area contributed by atoms with Crippen LogP contribution in [-0.4, -0.2) is 53.8 Å². The molecule has 0 aromatic carbocycles. The predicted octanol–water partition coefficient (Wildman–Crippen LogP) is -1.22. The van der Waals surface area contributed by atoms with E-state index in [9.17, 15) is 9.59 Å². The number of nitrogens with two attached hydrogens (primary N) is 1. The van der Waals surface area contributed by atoms with E-state index >= 15 is 0 Å². The molecule has 1 aliphatic carbocycles. The Morgan fingerprint density at radius 2 is 1.79 bits per heavy atom. The van der Waals surface area contributed by atoms with E-state index in [-0.39, 0.29) is 5.91 Å². The third-order valence-corrected chi connectivity index (χ3v) is 2.97. The lowest BCUT2D eigenvalue weighted by atomic mass is 10.2. The molecule has 2 fully saturated rings. The minimum absolute atomic E-state index is 0.0584. The van der Waals surface area contributed by atoms with E-state index in [4.69, 9.17) is 5.73 Å². The molecule has 14 heavy (non-hydrogen) atoms. The zero-order valence-corrected chi connectivity index (χ0v) is 8.11. The summed E-state index contributed by atoms with van der Waals surface area (Å²) in [7, 11) is 0. The van der Waals surface area contributed by atoms with Gasteiger partial charge in [-0.3, -0.25) is 9.59 Å². The number of nitrogens with zero attached hydrogens (tertiary/aromatic N) is 2. The van der Waals surface area contributed by atoms with Crippen molar-refractivity contribution in [2.45, 2.75) is 18.4 Å². The van der Waals surface area contributed by atoms with Crippen LogP contribution in [0.5, 0.6) is 0 Å². The van der Waals surface area contributed by atoms with Gasteiger partial charge in [0.2, 0.25) is 12.3 Å². The minimum Gasteiger partial charge on any atom is -0.342 e. The molecule has 0 aromatic heterocycles. The number of rotatable bonds is 2. The smallest absolute Gasteiger partial charge is 0.242 e. The van der Waals surface area contributed by atoms with Crippen molar-refractivity contribution in [3.05, 3.63) is 0 Å². The fourth-order valence-electron chi connectivity index (χ4n) is 1.69. The summed E-state index contributed by atoms with van der Waals surface area (Å²) in [6.45, 7) is 2.50. The molecule has 5 heteroatoms. The SMILES string of the molecule is NC1(C(=O)N2CCN(C=O)CC2)CC1. The molecule has 0 spiro atoms. The second kappa shape index (κ2) is 3.24. The van der Waals surface area contributed by atoms with Gasteiger partial charge in [-0.2, -0.15) is 0 Å². The lowest BCUT2D eigenvalue weighted by molar-refractivity contribution is -0.137. The van der Waals surface area contributed by atoms with Crippen molar-refractivity contribution in [3.63, 3.8) is 0 Å². The molecule has 2 amide bonds. The van der Waals surface area contributed by atoms with E-state index in [0.29, 0.717) is 26.2 Å². The molecular formula is C9H15N3O2. The largest absolute Gasteiger partial charge is 0.342 e. The molecule has 0 unspecified atom stereocenters. The number of carbonyl (C=O) groups is 2. The predicted molar refractivity (Wildman–Crippen MR) is 50.4 cm³/mol. The highest BCUT2D eigenvalue weighted by Gasteiger charge is 2.48. The molecule has 0 bridgehead atoms. The number of amides is 2. The first-order valence-electron chi connectivity index (χ1n) is 4.93. The van der Waals surface area contributed by atoms with Crippen molar-refractivity contribution in [1.82, 2.24) is 9.80 Å². The van der Waals surface area contributed by atoms with Crippen LogP contribution in [0.3, 0.4) is 0 Å². The molecule has 1 saturated carbocycles. The molecule has 0 radical (unpaired) electrons. The van der Waals surface area contributed by atoms with Crippen LogP contribution in [0.2, 0.25) is 0 Å². The van der Waals surface area contributed by atoms with Crippen LogP contribution in [0.15, 0.2) is 0 Å². The van der Waals surface area contributed by atoms with Crippen LogP contribution in [0.4, 0.5) is 0 Å². The van der Waals surface area contributed by atoms with Crippen molar-refractivity contribution in [2.75, 3.05) is 26.2 Å². The molecule has 1 saturated heterocycles. The number of hydrogen-bond acceptors (Lipinski definition) is 3. The van der Waals surface area contributed by atoms with Gasteiger partial charge in [-0.1, -0.05) is 0 Å². The summed E-state index contributed by atoms with van der Waals surface area (Å²) in [5.74, 6) is 0.0584. The molecular weight excluding hydrogens is 182 g/mol. The van der Waals surface area contributed by atoms with Gasteiger partial charge in [0.25, 0.3) is 0 Å². The fraction of sp³-hybridized carbons (Fsp3) is 0.778. The van der Waals surface area contributed by atoms with Crippen LogP contribution in [0, 0.1) is 0 Å². The van der Waals surface area contributed by atoms with Crippen molar-refractivity contribution in [2.24, 2.45) is 5.73 Å². The van der Waals surface area contributed by atoms with E-state index in [2.05, 4.69) is 0 Å². The average molecular weight is 197 g/mol. The molecule has 2 rings (SSSR count).